The van der Waals surface area contributed by atoms with E-state index in [1.54, 1.807) is 0 Å². The lowest BCUT2D eigenvalue weighted by atomic mass is 10.2. The minimum absolute atomic E-state index is 0. The van der Waals surface area contributed by atoms with Crippen molar-refractivity contribution in [3.05, 3.63) is 0 Å². The SMILES string of the molecule is CCCCCCO.Cl.Cl.[B]. The molecular formula is C6H16BCl2O. The highest BCUT2D eigenvalue weighted by Gasteiger charge is 1.80. The van der Waals surface area contributed by atoms with Crippen molar-refractivity contribution in [3.63, 3.8) is 0 Å². The third-order valence-corrected chi connectivity index (χ3v) is 1.01. The average molecular weight is 186 g/mol. The van der Waals surface area contributed by atoms with Gasteiger partial charge in [0.15, 0.2) is 0 Å². The summed E-state index contributed by atoms with van der Waals surface area (Å²) in [6, 6.07) is 0. The van der Waals surface area contributed by atoms with Crippen molar-refractivity contribution in [2.45, 2.75) is 32.6 Å². The number of hydrogen-bond acceptors (Lipinski definition) is 1. The number of unbranched alkanes of at least 4 members (excludes halogenated alkanes) is 3. The molecule has 0 aromatic rings. The summed E-state index contributed by atoms with van der Waals surface area (Å²) >= 11 is 0. The molecule has 0 atom stereocenters. The van der Waals surface area contributed by atoms with Crippen LogP contribution < -0.4 is 0 Å². The molecule has 63 valence electrons. The van der Waals surface area contributed by atoms with Gasteiger partial charge < -0.3 is 5.11 Å². The highest BCUT2D eigenvalue weighted by Crippen LogP contribution is 1.95. The fourth-order valence-electron chi connectivity index (χ4n) is 0.539. The summed E-state index contributed by atoms with van der Waals surface area (Å²) in [5, 5.41) is 8.29. The van der Waals surface area contributed by atoms with Gasteiger partial charge in [0.2, 0.25) is 0 Å². The van der Waals surface area contributed by atoms with E-state index in [2.05, 4.69) is 6.92 Å². The highest BCUT2D eigenvalue weighted by atomic mass is 35.5. The molecule has 0 unspecified atom stereocenters. The lowest BCUT2D eigenvalue weighted by molar-refractivity contribution is 0.283. The van der Waals surface area contributed by atoms with E-state index < -0.39 is 0 Å². The molecule has 1 N–H and O–H groups in total. The van der Waals surface area contributed by atoms with Gasteiger partial charge >= 0.3 is 0 Å². The molecule has 4 heteroatoms. The summed E-state index contributed by atoms with van der Waals surface area (Å²) in [4.78, 5) is 0. The maximum Gasteiger partial charge on any atom is 0.0431 e. The third-order valence-electron chi connectivity index (χ3n) is 1.01. The lowest BCUT2D eigenvalue weighted by Crippen LogP contribution is -1.80. The molecule has 10 heavy (non-hydrogen) atoms. The van der Waals surface area contributed by atoms with Gasteiger partial charge in [-0.1, -0.05) is 26.2 Å². The van der Waals surface area contributed by atoms with Gasteiger partial charge in [-0.25, -0.2) is 0 Å². The van der Waals surface area contributed by atoms with E-state index in [9.17, 15) is 0 Å². The van der Waals surface area contributed by atoms with Gasteiger partial charge in [0.1, 0.15) is 0 Å². The molecular weight excluding hydrogens is 170 g/mol. The molecule has 0 saturated carbocycles. The van der Waals surface area contributed by atoms with E-state index >= 15 is 0 Å². The average Bonchev–Trinajstić information content (AvgIpc) is 1.69. The first-order chi connectivity index (χ1) is 3.41. The third kappa shape index (κ3) is 23.5. The molecule has 0 heterocycles. The summed E-state index contributed by atoms with van der Waals surface area (Å²) in [6.07, 6.45) is 4.68. The number of rotatable bonds is 4. The molecule has 0 aromatic carbocycles. The number of halogens is 2. The Labute approximate surface area is 78.0 Å². The second-order valence-electron chi connectivity index (χ2n) is 1.78. The summed E-state index contributed by atoms with van der Waals surface area (Å²) in [5.74, 6) is 0. The van der Waals surface area contributed by atoms with Gasteiger partial charge in [-0.3, -0.25) is 0 Å². The summed E-state index contributed by atoms with van der Waals surface area (Å²) in [7, 11) is 0. The first-order valence-electron chi connectivity index (χ1n) is 3.02. The van der Waals surface area contributed by atoms with Crippen LogP contribution in [0.15, 0.2) is 0 Å². The van der Waals surface area contributed by atoms with Crippen LogP contribution in [0, 0.1) is 0 Å². The molecule has 0 saturated heterocycles. The quantitative estimate of drug-likeness (QED) is 0.525. The zero-order valence-corrected chi connectivity index (χ0v) is 8.01. The largest absolute Gasteiger partial charge is 0.396 e. The zero-order chi connectivity index (χ0) is 5.54. The lowest BCUT2D eigenvalue weighted by Gasteiger charge is -1.90. The molecule has 0 amide bonds. The molecule has 1 nitrogen and oxygen atoms in total. The van der Waals surface area contributed by atoms with E-state index in [-0.39, 0.29) is 33.2 Å². The van der Waals surface area contributed by atoms with Gasteiger partial charge in [-0.2, -0.15) is 0 Å². The number of aliphatic hydroxyl groups excluding tert-OH is 1. The van der Waals surface area contributed by atoms with E-state index in [1.165, 1.54) is 19.3 Å². The summed E-state index contributed by atoms with van der Waals surface area (Å²) in [6.45, 7) is 2.53. The van der Waals surface area contributed by atoms with E-state index in [4.69, 9.17) is 5.11 Å². The maximum atomic E-state index is 8.29. The van der Waals surface area contributed by atoms with E-state index in [0.29, 0.717) is 6.61 Å². The molecule has 0 aliphatic heterocycles. The molecule has 0 aliphatic rings. The molecule has 0 spiro atoms. The molecule has 0 aliphatic carbocycles. The molecule has 0 rings (SSSR count). The number of hydrogen-bond donors (Lipinski definition) is 1. The van der Waals surface area contributed by atoms with Crippen molar-refractivity contribution in [2.75, 3.05) is 6.61 Å². The molecule has 0 fully saturated rings. The Morgan fingerprint density at radius 3 is 1.80 bits per heavy atom. The smallest absolute Gasteiger partial charge is 0.0431 e. The van der Waals surface area contributed by atoms with Crippen LogP contribution in [0.1, 0.15) is 32.6 Å². The van der Waals surface area contributed by atoms with Crippen LogP contribution in [0.4, 0.5) is 0 Å². The fourth-order valence-corrected chi connectivity index (χ4v) is 0.539. The second-order valence-corrected chi connectivity index (χ2v) is 1.78. The van der Waals surface area contributed by atoms with Gasteiger partial charge in [-0.05, 0) is 6.42 Å². The van der Waals surface area contributed by atoms with Crippen LogP contribution in [-0.2, 0) is 0 Å². The van der Waals surface area contributed by atoms with Crippen LogP contribution in [0.25, 0.3) is 0 Å². The standard InChI is InChI=1S/C6H14O.B.2ClH/c1-2-3-4-5-6-7;;;/h7H,2-6H2,1H3;;2*1H. The first-order valence-corrected chi connectivity index (χ1v) is 3.02. The minimum Gasteiger partial charge on any atom is -0.396 e. The van der Waals surface area contributed by atoms with E-state index in [0.717, 1.165) is 6.42 Å². The van der Waals surface area contributed by atoms with Crippen molar-refractivity contribution in [1.29, 1.82) is 0 Å². The monoisotopic (exact) mass is 185 g/mol. The molecule has 3 radical (unpaired) electrons. The predicted molar refractivity (Wildman–Crippen MR) is 51.5 cm³/mol. The normalized spacial score (nSPS) is 6.60. The Kier molecular flexibility index (Phi) is 50.8. The highest BCUT2D eigenvalue weighted by molar-refractivity contribution is 5.85. The Morgan fingerprint density at radius 2 is 1.50 bits per heavy atom. The Bertz CT molecular complexity index is 34.9. The first kappa shape index (κ1) is 22.4. The Balaban J connectivity index is -0.0000000600. The van der Waals surface area contributed by atoms with E-state index in [1.807, 2.05) is 0 Å². The maximum absolute atomic E-state index is 8.29. The Morgan fingerprint density at radius 1 is 1.00 bits per heavy atom. The predicted octanol–water partition coefficient (Wildman–Crippen LogP) is 2.02. The van der Waals surface area contributed by atoms with Gasteiger partial charge in [0.25, 0.3) is 0 Å². The number of aliphatic hydroxyl groups is 1. The summed E-state index contributed by atoms with van der Waals surface area (Å²) in [5.41, 5.74) is 0. The zero-order valence-electron chi connectivity index (χ0n) is 6.38. The summed E-state index contributed by atoms with van der Waals surface area (Å²) < 4.78 is 0. The van der Waals surface area contributed by atoms with Gasteiger partial charge in [-0.15, -0.1) is 24.8 Å². The van der Waals surface area contributed by atoms with Crippen LogP contribution in [0.2, 0.25) is 0 Å². The van der Waals surface area contributed by atoms with Crippen molar-refractivity contribution in [2.24, 2.45) is 0 Å². The van der Waals surface area contributed by atoms with Crippen molar-refractivity contribution in [3.8, 4) is 0 Å². The van der Waals surface area contributed by atoms with Crippen LogP contribution in [0.5, 0.6) is 0 Å². The van der Waals surface area contributed by atoms with Crippen molar-refractivity contribution < 1.29 is 5.11 Å². The molecule has 0 aromatic heterocycles. The van der Waals surface area contributed by atoms with Crippen LogP contribution >= 0.6 is 24.8 Å². The van der Waals surface area contributed by atoms with Crippen molar-refractivity contribution in [1.82, 2.24) is 0 Å². The molecule has 0 bridgehead atoms. The fraction of sp³-hybridized carbons (Fsp3) is 1.00. The topological polar surface area (TPSA) is 20.2 Å². The van der Waals surface area contributed by atoms with Crippen molar-refractivity contribution >= 4 is 33.2 Å². The van der Waals surface area contributed by atoms with Gasteiger partial charge in [0.05, 0.1) is 0 Å². The van der Waals surface area contributed by atoms with Gasteiger partial charge in [0, 0.05) is 15.0 Å². The Hall–Kier alpha value is 0.605. The van der Waals surface area contributed by atoms with Crippen LogP contribution in [0.3, 0.4) is 0 Å². The minimum atomic E-state index is 0. The van der Waals surface area contributed by atoms with Crippen LogP contribution in [-0.4, -0.2) is 20.1 Å². The second kappa shape index (κ2) is 22.6.